The van der Waals surface area contributed by atoms with Gasteiger partial charge in [0.25, 0.3) is 20.0 Å². The van der Waals surface area contributed by atoms with Gasteiger partial charge in [0.15, 0.2) is 41.8 Å². The molecule has 0 aliphatic carbocycles. The number of nitriles is 2. The molecule has 2 aliphatic rings. The first kappa shape index (κ1) is 48.9. The molecule has 344 valence electrons. The maximum atomic E-state index is 17.3. The number of ether oxygens (including phenoxy) is 2. The van der Waals surface area contributed by atoms with Crippen molar-refractivity contribution in [2.75, 3.05) is 31.7 Å². The molecular weight excluding hydrogens is 904 g/mol. The number of nitrogens with zero attached hydrogens (tertiary/aromatic N) is 8. The van der Waals surface area contributed by atoms with Crippen LogP contribution in [0.25, 0.3) is 11.2 Å². The number of carbonyl (C=O) groups is 1. The van der Waals surface area contributed by atoms with Gasteiger partial charge in [0.05, 0.1) is 57.7 Å². The second kappa shape index (κ2) is 22.1. The summed E-state index contributed by atoms with van der Waals surface area (Å²) in [5.74, 6) is -0.419. The lowest BCUT2D eigenvalue weighted by molar-refractivity contribution is -0.0589. The maximum Gasteiger partial charge on any atom is 0.330 e. The molecule has 6 unspecified atom stereocenters. The summed E-state index contributed by atoms with van der Waals surface area (Å²) in [6, 6.07) is 13.0. The van der Waals surface area contributed by atoms with E-state index in [1.165, 1.54) is 17.2 Å². The number of amides is 1. The van der Waals surface area contributed by atoms with Gasteiger partial charge >= 0.3 is 12.4 Å². The van der Waals surface area contributed by atoms with E-state index in [-0.39, 0.29) is 55.1 Å². The molecule has 21 nitrogen and oxygen atoms in total. The van der Waals surface area contributed by atoms with E-state index in [2.05, 4.69) is 20.3 Å². The molecule has 4 aromatic rings. The molecule has 3 aromatic heterocycles. The third-order valence-electron chi connectivity index (χ3n) is 9.72. The van der Waals surface area contributed by atoms with Crippen LogP contribution in [0.5, 0.6) is 0 Å². The average Bonchev–Trinajstić information content (AvgIpc) is 3.93. The number of aliphatic hydroxyl groups is 1. The number of rotatable bonds is 21. The lowest BCUT2D eigenvalue weighted by Gasteiger charge is -2.37. The number of alkyl halides is 2. The SMILES string of the molecule is CC(C)N(C(C)C)P(OCCC#N)OC1C(F)[C@@H](COP(=S)(OCCC#N)OC2C(F)[C@@H](CO)O[C@H]2n2ccc(=O)[nH]c2=O)O[C@H]1n1cnc2c(NC(=O)c3ccccc3)ncnc21. The van der Waals surface area contributed by atoms with Gasteiger partial charge in [0.1, 0.15) is 30.7 Å². The van der Waals surface area contributed by atoms with Crippen molar-refractivity contribution in [2.45, 2.75) is 102 Å². The number of aliphatic hydroxyl groups excluding tert-OH is 1. The number of fused-ring (bicyclic) bond motifs is 1. The van der Waals surface area contributed by atoms with Gasteiger partial charge in [-0.25, -0.2) is 33.2 Å². The van der Waals surface area contributed by atoms with Crippen molar-refractivity contribution in [1.82, 2.24) is 33.7 Å². The Morgan fingerprint density at radius 2 is 1.66 bits per heavy atom. The molecule has 1 aromatic carbocycles. The van der Waals surface area contributed by atoms with Crippen LogP contribution in [-0.2, 0) is 43.9 Å². The van der Waals surface area contributed by atoms with E-state index in [0.29, 0.717) is 5.56 Å². The molecule has 0 spiro atoms. The van der Waals surface area contributed by atoms with Crippen LogP contribution < -0.4 is 16.6 Å². The Bertz CT molecular complexity index is 2470. The van der Waals surface area contributed by atoms with E-state index in [0.717, 1.165) is 16.8 Å². The van der Waals surface area contributed by atoms with Crippen LogP contribution in [0.3, 0.4) is 0 Å². The number of aromatic amines is 1. The fourth-order valence-electron chi connectivity index (χ4n) is 6.88. The first-order valence-corrected chi connectivity index (χ1v) is 23.6. The lowest BCUT2D eigenvalue weighted by atomic mass is 10.1. The highest BCUT2D eigenvalue weighted by atomic mass is 32.5. The monoisotopic (exact) mass is 950 g/mol. The number of imidazole rings is 1. The van der Waals surface area contributed by atoms with E-state index in [1.54, 1.807) is 30.3 Å². The molecule has 2 saturated heterocycles. The zero-order valence-electron chi connectivity index (χ0n) is 34.9. The highest BCUT2D eigenvalue weighted by molar-refractivity contribution is 8.07. The standard InChI is InChI=1S/C38H46F2N10O11P2S/c1-22(2)50(23(3)4)62(55-16-8-13-41)60-31-29(40)26(59-36(31)49-21-45-30-33(43-20-44-34(30)49)47-35(53)24-10-6-5-7-11-24)19-57-63(64,56-17-9-14-42)61-32-28(39)25(18-51)58-37(32)48-15-12-27(52)46-38(48)54/h5-7,10-12,15,20-23,25-26,28-29,31-32,36-37,51H,8-9,16-19H2,1-4H3,(H,46,52,54)(H,43,44,47,53)/t25-,26-,28?,29?,31?,32?,36-,37-,62?,63?/m1/s1. The van der Waals surface area contributed by atoms with Crippen molar-refractivity contribution >= 4 is 49.9 Å². The van der Waals surface area contributed by atoms with Crippen LogP contribution >= 0.6 is 15.2 Å². The number of hydrogen-bond donors (Lipinski definition) is 3. The number of anilines is 1. The molecule has 3 N–H and O–H groups in total. The van der Waals surface area contributed by atoms with Gasteiger partial charge in [-0.3, -0.25) is 28.2 Å². The predicted octanol–water partition coefficient (Wildman–Crippen LogP) is 4.31. The maximum absolute atomic E-state index is 17.3. The first-order chi connectivity index (χ1) is 30.7. The van der Waals surface area contributed by atoms with Crippen molar-refractivity contribution in [1.29, 1.82) is 10.5 Å². The molecule has 1 amide bonds. The highest BCUT2D eigenvalue weighted by Crippen LogP contribution is 2.56. The minimum Gasteiger partial charge on any atom is -0.394 e. The highest BCUT2D eigenvalue weighted by Gasteiger charge is 2.53. The third-order valence-corrected chi connectivity index (χ3v) is 14.2. The zero-order chi connectivity index (χ0) is 46.1. The molecule has 64 heavy (non-hydrogen) atoms. The molecule has 6 rings (SSSR count). The van der Waals surface area contributed by atoms with Gasteiger partial charge < -0.3 is 38.0 Å². The number of H-pyrrole nitrogens is 1. The van der Waals surface area contributed by atoms with Crippen LogP contribution in [-0.4, -0.2) is 120 Å². The van der Waals surface area contributed by atoms with E-state index >= 15 is 8.78 Å². The molecule has 0 saturated carbocycles. The van der Waals surface area contributed by atoms with Gasteiger partial charge in [-0.15, -0.1) is 0 Å². The van der Waals surface area contributed by atoms with Gasteiger partial charge in [-0.2, -0.15) is 10.5 Å². The summed E-state index contributed by atoms with van der Waals surface area (Å²) in [4.78, 5) is 52.8. The zero-order valence-corrected chi connectivity index (χ0v) is 37.5. The van der Waals surface area contributed by atoms with Crippen LogP contribution in [0.4, 0.5) is 14.6 Å². The first-order valence-electron chi connectivity index (χ1n) is 19.9. The second-order valence-electron chi connectivity index (χ2n) is 14.8. The number of aromatic nitrogens is 6. The molecule has 0 radical (unpaired) electrons. The largest absolute Gasteiger partial charge is 0.394 e. The summed E-state index contributed by atoms with van der Waals surface area (Å²) in [5.41, 5.74) is -1.12. The third kappa shape index (κ3) is 11.3. The minimum absolute atomic E-state index is 0.0197. The number of hydrogen-bond acceptors (Lipinski definition) is 18. The summed E-state index contributed by atoms with van der Waals surface area (Å²) >= 11 is 5.70. The number of halogens is 2. The molecule has 0 bridgehead atoms. The van der Waals surface area contributed by atoms with Crippen molar-refractivity contribution in [3.63, 3.8) is 0 Å². The molecular formula is C38H46F2N10O11P2S. The van der Waals surface area contributed by atoms with E-state index in [9.17, 15) is 30.0 Å². The minimum atomic E-state index is -4.24. The fraction of sp³-hybridized carbons (Fsp3) is 0.526. The Kier molecular flexibility index (Phi) is 16.9. The van der Waals surface area contributed by atoms with Crippen molar-refractivity contribution in [3.05, 3.63) is 81.7 Å². The summed E-state index contributed by atoms with van der Waals surface area (Å²) in [5, 5.41) is 31.2. The molecule has 2 fully saturated rings. The molecule has 26 heteroatoms. The summed E-state index contributed by atoms with van der Waals surface area (Å²) in [6.45, 7) is 1.44. The number of nitrogens with one attached hydrogen (secondary N) is 2. The Balaban J connectivity index is 1.33. The summed E-state index contributed by atoms with van der Waals surface area (Å²) < 4.78 is 79.7. The van der Waals surface area contributed by atoms with Gasteiger partial charge in [-0.1, -0.05) is 18.2 Å². The van der Waals surface area contributed by atoms with E-state index in [4.69, 9.17) is 43.9 Å². The lowest BCUT2D eigenvalue weighted by Crippen LogP contribution is -2.38. The normalized spacial score (nSPS) is 24.8. The van der Waals surface area contributed by atoms with Gasteiger partial charge in [-0.05, 0) is 51.6 Å². The predicted molar refractivity (Wildman–Crippen MR) is 227 cm³/mol. The Morgan fingerprint density at radius 1 is 0.984 bits per heavy atom. The number of benzene rings is 1. The molecule has 2 aliphatic heterocycles. The van der Waals surface area contributed by atoms with Crippen molar-refractivity contribution < 1.29 is 50.8 Å². The summed E-state index contributed by atoms with van der Waals surface area (Å²) in [7, 11) is -2.08. The van der Waals surface area contributed by atoms with Crippen LogP contribution in [0, 0.1) is 22.7 Å². The van der Waals surface area contributed by atoms with Crippen LogP contribution in [0.15, 0.2) is 64.8 Å². The number of carbonyl (C=O) groups excluding carboxylic acids is 1. The molecule has 10 atom stereocenters. The second-order valence-corrected chi connectivity index (χ2v) is 19.1. The quantitative estimate of drug-likeness (QED) is 0.0776. The molecule has 5 heterocycles. The van der Waals surface area contributed by atoms with Gasteiger partial charge in [0.2, 0.25) is 0 Å². The van der Waals surface area contributed by atoms with E-state index < -0.39 is 94.8 Å². The fourth-order valence-corrected chi connectivity index (χ4v) is 10.7. The van der Waals surface area contributed by atoms with Crippen molar-refractivity contribution in [3.8, 4) is 12.1 Å². The Hall–Kier alpha value is -4.52. The topological polar surface area (TPSA) is 263 Å². The average molecular weight is 951 g/mol. The van der Waals surface area contributed by atoms with Crippen molar-refractivity contribution in [2.24, 2.45) is 0 Å². The Morgan fingerprint density at radius 3 is 2.33 bits per heavy atom. The van der Waals surface area contributed by atoms with Gasteiger partial charge in [0, 0.05) is 29.9 Å². The summed E-state index contributed by atoms with van der Waals surface area (Å²) in [6.07, 6.45) is -10.1. The smallest absolute Gasteiger partial charge is 0.330 e. The Labute approximate surface area is 371 Å². The van der Waals surface area contributed by atoms with Crippen LogP contribution in [0.2, 0.25) is 0 Å². The van der Waals surface area contributed by atoms with Crippen LogP contribution in [0.1, 0.15) is 63.4 Å². The van der Waals surface area contributed by atoms with E-state index in [1.807, 2.05) is 49.5 Å².